The van der Waals surface area contributed by atoms with Crippen molar-refractivity contribution in [3.8, 4) is 0 Å². The quantitative estimate of drug-likeness (QED) is 0.290. The fourth-order valence-electron chi connectivity index (χ4n) is 5.14. The van der Waals surface area contributed by atoms with Gasteiger partial charge in [0.25, 0.3) is 0 Å². The van der Waals surface area contributed by atoms with Crippen LogP contribution in [-0.2, 0) is 9.53 Å². The van der Waals surface area contributed by atoms with Gasteiger partial charge in [0.1, 0.15) is 17.6 Å². The highest BCUT2D eigenvalue weighted by atomic mass is 32.1. The number of aryl methyl sites for hydroxylation is 1. The van der Waals surface area contributed by atoms with Crippen molar-refractivity contribution in [1.29, 1.82) is 0 Å². The Balaban J connectivity index is 1.52. The smallest absolute Gasteiger partial charge is 0.338 e. The lowest BCUT2D eigenvalue weighted by Crippen LogP contribution is -2.42. The zero-order chi connectivity index (χ0) is 28.4. The highest BCUT2D eigenvalue weighted by Crippen LogP contribution is 2.39. The van der Waals surface area contributed by atoms with Gasteiger partial charge >= 0.3 is 5.97 Å². The molecule has 2 aliphatic heterocycles. The largest absolute Gasteiger partial charge is 0.463 e. The van der Waals surface area contributed by atoms with Crippen LogP contribution in [0.25, 0.3) is 0 Å². The Kier molecular flexibility index (Phi) is 8.19. The van der Waals surface area contributed by atoms with Crippen LogP contribution in [0.15, 0.2) is 52.2 Å². The molecule has 0 bridgehead atoms. The molecule has 12 heteroatoms. The molecule has 0 saturated carbocycles. The number of rotatable bonds is 7. The predicted molar refractivity (Wildman–Crippen MR) is 148 cm³/mol. The lowest BCUT2D eigenvalue weighted by Gasteiger charge is -2.37. The number of aliphatic hydroxyl groups excluding tert-OH is 1. The summed E-state index contributed by atoms with van der Waals surface area (Å²) in [5.74, 6) is 0.0158. The van der Waals surface area contributed by atoms with Gasteiger partial charge in [-0.1, -0.05) is 12.1 Å². The maximum atomic E-state index is 14.7. The van der Waals surface area contributed by atoms with Crippen LogP contribution < -0.4 is 10.2 Å². The number of thiazole rings is 1. The van der Waals surface area contributed by atoms with E-state index in [9.17, 15) is 19.4 Å². The van der Waals surface area contributed by atoms with Gasteiger partial charge in [0.15, 0.2) is 17.1 Å². The van der Waals surface area contributed by atoms with Crippen LogP contribution in [0.2, 0.25) is 0 Å². The summed E-state index contributed by atoms with van der Waals surface area (Å²) in [5.41, 5.74) is 2.85. The first kappa shape index (κ1) is 27.8. The molecule has 0 amide bonds. The molecular formula is C28H31FN6O4S. The fourth-order valence-corrected chi connectivity index (χ4v) is 5.73. The van der Waals surface area contributed by atoms with E-state index in [1.54, 1.807) is 45.3 Å². The van der Waals surface area contributed by atoms with E-state index in [4.69, 9.17) is 9.73 Å². The van der Waals surface area contributed by atoms with E-state index in [0.717, 1.165) is 0 Å². The normalized spacial score (nSPS) is 18.1. The lowest BCUT2D eigenvalue weighted by molar-refractivity contribution is -0.139. The number of halogens is 1. The van der Waals surface area contributed by atoms with Gasteiger partial charge in [-0.3, -0.25) is 4.99 Å². The Morgan fingerprint density at radius 3 is 2.70 bits per heavy atom. The molecule has 210 valence electrons. The zero-order valence-electron chi connectivity index (χ0n) is 22.5. The predicted octanol–water partition coefficient (Wildman–Crippen LogP) is 3.50. The number of aliphatic hydroxyl groups is 2. The number of esters is 1. The van der Waals surface area contributed by atoms with E-state index in [1.165, 1.54) is 17.4 Å². The number of hydrogen-bond donors (Lipinski definition) is 3. The molecule has 4 heterocycles. The first-order valence-electron chi connectivity index (χ1n) is 13.1. The van der Waals surface area contributed by atoms with Gasteiger partial charge < -0.3 is 25.2 Å². The van der Waals surface area contributed by atoms with E-state index >= 15 is 0 Å². The second-order valence-corrected chi connectivity index (χ2v) is 10.6. The molecular weight excluding hydrogens is 535 g/mol. The summed E-state index contributed by atoms with van der Waals surface area (Å²) in [6.07, 6.45) is 2.89. The number of amidine groups is 1. The van der Waals surface area contributed by atoms with E-state index in [2.05, 4.69) is 20.3 Å². The molecule has 5 rings (SSSR count). The third-order valence-electron chi connectivity index (χ3n) is 7.24. The summed E-state index contributed by atoms with van der Waals surface area (Å²) in [6, 6.07) is 4.04. The van der Waals surface area contributed by atoms with E-state index in [0.29, 0.717) is 70.7 Å². The Morgan fingerprint density at radius 2 is 2.02 bits per heavy atom. The van der Waals surface area contributed by atoms with Crippen molar-refractivity contribution in [2.24, 2.45) is 10.9 Å². The summed E-state index contributed by atoms with van der Waals surface area (Å²) >= 11 is 1.42. The summed E-state index contributed by atoms with van der Waals surface area (Å²) in [5, 5.41) is 25.3. The number of allylic oxidation sites excluding steroid dienone is 1. The highest BCUT2D eigenvalue weighted by molar-refractivity contribution is 7.11. The number of anilines is 1. The average Bonchev–Trinajstić information content (AvgIpc) is 3.49. The van der Waals surface area contributed by atoms with E-state index in [-0.39, 0.29) is 24.0 Å². The number of nitrogens with one attached hydrogen (secondary N) is 1. The molecule has 1 unspecified atom stereocenters. The van der Waals surface area contributed by atoms with Gasteiger partial charge in [-0.15, -0.1) is 11.3 Å². The van der Waals surface area contributed by atoms with Crippen LogP contribution in [-0.4, -0.2) is 56.7 Å². The molecule has 10 nitrogen and oxygen atoms in total. The zero-order valence-corrected chi connectivity index (χ0v) is 23.3. The molecule has 40 heavy (non-hydrogen) atoms. The molecule has 2 aromatic heterocycles. The number of piperidine rings is 1. The number of benzene rings is 1. The Hall–Kier alpha value is -3.74. The number of aliphatic imine (C=N–C) groups is 1. The average molecular weight is 567 g/mol. The van der Waals surface area contributed by atoms with Gasteiger partial charge in [-0.05, 0) is 56.4 Å². The SMILES string of the molecule is CCOC(=O)C1=C(C2CCN(c3ncc(C)c(C(O)O)n3)CC2)NC(c2nccs2)=NC1c1cccc(F)c1C. The standard InChI is InChI=1S/C28H31FN6O4S/c1-4-39-27(38)20-22(17-8-11-35(12-9-17)28-31-14-15(2)21(34-28)26(36)37)32-24(25-30-10-13-40-25)33-23(20)18-6-5-7-19(29)16(18)3/h5-7,10,13-14,17,23,26,36-37H,4,8-9,11-12H2,1-3H3,(H,32,33). The van der Waals surface area contributed by atoms with Crippen molar-refractivity contribution < 1.29 is 24.1 Å². The maximum Gasteiger partial charge on any atom is 0.338 e. The van der Waals surface area contributed by atoms with Crippen molar-refractivity contribution in [1.82, 2.24) is 20.3 Å². The highest BCUT2D eigenvalue weighted by Gasteiger charge is 2.38. The second kappa shape index (κ2) is 11.8. The van der Waals surface area contributed by atoms with E-state index < -0.39 is 18.3 Å². The molecule has 0 aliphatic carbocycles. The number of carbonyl (C=O) groups excluding carboxylic acids is 1. The summed E-state index contributed by atoms with van der Waals surface area (Å²) < 4.78 is 20.2. The van der Waals surface area contributed by atoms with Gasteiger partial charge in [-0.25, -0.2) is 24.1 Å². The lowest BCUT2D eigenvalue weighted by atomic mass is 9.85. The second-order valence-electron chi connectivity index (χ2n) is 9.72. The number of hydrogen-bond acceptors (Lipinski definition) is 11. The number of aromatic nitrogens is 3. The molecule has 1 atom stereocenters. The van der Waals surface area contributed by atoms with Crippen molar-refractivity contribution in [3.05, 3.63) is 80.5 Å². The summed E-state index contributed by atoms with van der Waals surface area (Å²) in [4.78, 5) is 33.5. The van der Waals surface area contributed by atoms with Crippen molar-refractivity contribution in [2.75, 3.05) is 24.6 Å². The van der Waals surface area contributed by atoms with Crippen LogP contribution >= 0.6 is 11.3 Å². The van der Waals surface area contributed by atoms with Gasteiger partial charge in [0.2, 0.25) is 5.95 Å². The third kappa shape index (κ3) is 5.47. The van der Waals surface area contributed by atoms with Crippen LogP contribution in [0.5, 0.6) is 0 Å². The molecule has 1 saturated heterocycles. The monoisotopic (exact) mass is 566 g/mol. The molecule has 3 aromatic rings. The first-order valence-corrected chi connectivity index (χ1v) is 14.0. The minimum Gasteiger partial charge on any atom is -0.463 e. The van der Waals surface area contributed by atoms with Crippen LogP contribution in [0, 0.1) is 25.6 Å². The third-order valence-corrected chi connectivity index (χ3v) is 8.02. The van der Waals surface area contributed by atoms with Crippen molar-refractivity contribution >= 4 is 29.1 Å². The maximum absolute atomic E-state index is 14.7. The molecule has 1 aromatic carbocycles. The van der Waals surface area contributed by atoms with Gasteiger partial charge in [-0.2, -0.15) is 0 Å². The topological polar surface area (TPSA) is 133 Å². The number of ether oxygens (including phenoxy) is 1. The Bertz CT molecular complexity index is 1450. The van der Waals surface area contributed by atoms with Crippen molar-refractivity contribution in [3.63, 3.8) is 0 Å². The van der Waals surface area contributed by atoms with E-state index in [1.807, 2.05) is 10.3 Å². The number of carbonyl (C=O) groups is 1. The first-order chi connectivity index (χ1) is 19.3. The van der Waals surface area contributed by atoms with Crippen molar-refractivity contribution in [2.45, 2.75) is 45.9 Å². The molecule has 1 fully saturated rings. The summed E-state index contributed by atoms with van der Waals surface area (Å²) in [7, 11) is 0. The summed E-state index contributed by atoms with van der Waals surface area (Å²) in [6.45, 7) is 6.49. The Labute approximate surface area is 235 Å². The van der Waals surface area contributed by atoms with Crippen LogP contribution in [0.1, 0.15) is 59.5 Å². The van der Waals surface area contributed by atoms with Crippen LogP contribution in [0.3, 0.4) is 0 Å². The molecule has 0 radical (unpaired) electrons. The van der Waals surface area contributed by atoms with Gasteiger partial charge in [0, 0.05) is 42.5 Å². The molecule has 2 aliphatic rings. The van der Waals surface area contributed by atoms with Crippen LogP contribution in [0.4, 0.5) is 10.3 Å². The Morgan fingerprint density at radius 1 is 1.25 bits per heavy atom. The fraction of sp³-hybridized carbons (Fsp3) is 0.393. The minimum atomic E-state index is -1.69. The minimum absolute atomic E-state index is 0.0640. The molecule has 3 N–H and O–H groups in total. The number of nitrogens with zero attached hydrogens (tertiary/aromatic N) is 5. The van der Waals surface area contributed by atoms with Gasteiger partial charge in [0.05, 0.1) is 12.2 Å². The molecule has 0 spiro atoms.